The fraction of sp³-hybridized carbons (Fsp3) is 0.917. The number of nitrogens with zero attached hydrogens (tertiary/aromatic N) is 1. The Morgan fingerprint density at radius 2 is 1.59 bits per heavy atom. The van der Waals surface area contributed by atoms with E-state index in [0.717, 1.165) is 31.0 Å². The molecule has 0 aromatic rings. The first kappa shape index (κ1) is 14.9. The minimum absolute atomic E-state index is 0.0749. The summed E-state index contributed by atoms with van der Waals surface area (Å²) in [5, 5.41) is 0. The normalized spacial score (nSPS) is 19.2. The van der Waals surface area contributed by atoms with E-state index in [2.05, 4.69) is 25.1 Å². The summed E-state index contributed by atoms with van der Waals surface area (Å²) in [4.78, 5) is 12.0. The topological polar surface area (TPSA) is 46.5 Å². The molecule has 0 aromatic carbocycles. The third kappa shape index (κ3) is 3.91. The third-order valence-corrected chi connectivity index (χ3v) is 12.2. The van der Waals surface area contributed by atoms with E-state index in [4.69, 9.17) is 0 Å². The van der Waals surface area contributed by atoms with E-state index >= 15 is 0 Å². The van der Waals surface area contributed by atoms with Gasteiger partial charge in [0.25, 0.3) is 5.91 Å². The maximum atomic E-state index is 12.2. The molecule has 0 unspecified atom stereocenters. The molecule has 1 aliphatic rings. The minimum atomic E-state index is -2.15. The molecule has 0 saturated carbocycles. The van der Waals surface area contributed by atoms with Crippen LogP contribution in [0.4, 0.5) is 0 Å². The highest BCUT2D eigenvalue weighted by Crippen LogP contribution is 2.26. The summed E-state index contributed by atoms with van der Waals surface area (Å²) in [6, 6.07) is 3.99. The number of carbonyl (C=O) groups excluding carboxylic acids is 1. The SMILES string of the molecule is CC[Si](CC)(CC)CC(=O)N=S1(=O)CCCC1. The second-order valence-electron chi connectivity index (χ2n) is 5.11. The molecule has 100 valence electrons. The van der Waals surface area contributed by atoms with Gasteiger partial charge in [-0.15, -0.1) is 0 Å². The van der Waals surface area contributed by atoms with Crippen LogP contribution in [-0.2, 0) is 14.5 Å². The van der Waals surface area contributed by atoms with E-state index in [0.29, 0.717) is 17.5 Å². The van der Waals surface area contributed by atoms with Crippen LogP contribution in [-0.4, -0.2) is 29.7 Å². The molecule has 0 radical (unpaired) electrons. The molecule has 0 bridgehead atoms. The van der Waals surface area contributed by atoms with Gasteiger partial charge in [-0.25, -0.2) is 4.21 Å². The Bertz CT molecular complexity index is 362. The molecule has 3 nitrogen and oxygen atoms in total. The smallest absolute Gasteiger partial charge is 0.251 e. The first-order chi connectivity index (χ1) is 7.99. The molecule has 1 amide bonds. The molecule has 0 spiro atoms. The van der Waals surface area contributed by atoms with Crippen LogP contribution in [0, 0.1) is 0 Å². The van der Waals surface area contributed by atoms with Gasteiger partial charge in [-0.05, 0) is 12.8 Å². The van der Waals surface area contributed by atoms with Crippen molar-refractivity contribution < 1.29 is 9.00 Å². The van der Waals surface area contributed by atoms with Crippen molar-refractivity contribution in [2.24, 2.45) is 4.36 Å². The summed E-state index contributed by atoms with van der Waals surface area (Å²) in [6.45, 7) is 6.55. The van der Waals surface area contributed by atoms with Crippen molar-refractivity contribution in [3.63, 3.8) is 0 Å². The van der Waals surface area contributed by atoms with Crippen molar-refractivity contribution in [1.29, 1.82) is 0 Å². The van der Waals surface area contributed by atoms with Crippen molar-refractivity contribution in [3.8, 4) is 0 Å². The highest BCUT2D eigenvalue weighted by atomic mass is 32.2. The van der Waals surface area contributed by atoms with Crippen LogP contribution >= 0.6 is 0 Å². The predicted molar refractivity (Wildman–Crippen MR) is 76.5 cm³/mol. The van der Waals surface area contributed by atoms with Crippen LogP contribution in [0.2, 0.25) is 24.2 Å². The molecule has 5 heteroatoms. The molecule has 0 atom stereocenters. The van der Waals surface area contributed by atoms with E-state index in [-0.39, 0.29) is 5.91 Å². The maximum absolute atomic E-state index is 12.2. The van der Waals surface area contributed by atoms with Gasteiger partial charge < -0.3 is 0 Å². The lowest BCUT2D eigenvalue weighted by Crippen LogP contribution is -2.33. The van der Waals surface area contributed by atoms with E-state index in [9.17, 15) is 9.00 Å². The lowest BCUT2D eigenvalue weighted by molar-refractivity contribution is -0.115. The number of hydrogen-bond donors (Lipinski definition) is 0. The van der Waals surface area contributed by atoms with E-state index < -0.39 is 17.8 Å². The molecule has 1 saturated heterocycles. The van der Waals surface area contributed by atoms with Crippen LogP contribution in [0.3, 0.4) is 0 Å². The zero-order chi connectivity index (χ0) is 12.9. The monoisotopic (exact) mass is 275 g/mol. The lowest BCUT2D eigenvalue weighted by atomic mass is 10.4. The molecule has 1 rings (SSSR count). The molecule has 1 fully saturated rings. The Kier molecular flexibility index (Phi) is 5.38. The Hall–Kier alpha value is -0.163. The van der Waals surface area contributed by atoms with Crippen molar-refractivity contribution in [1.82, 2.24) is 0 Å². The molecule has 0 N–H and O–H groups in total. The Balaban J connectivity index is 2.75. The van der Waals surface area contributed by atoms with Crippen molar-refractivity contribution in [2.75, 3.05) is 11.5 Å². The summed E-state index contributed by atoms with van der Waals surface area (Å²) < 4.78 is 16.2. The lowest BCUT2D eigenvalue weighted by Gasteiger charge is -2.26. The van der Waals surface area contributed by atoms with Gasteiger partial charge in [-0.3, -0.25) is 4.79 Å². The summed E-state index contributed by atoms with van der Waals surface area (Å²) in [5.41, 5.74) is 0. The van der Waals surface area contributed by atoms with Gasteiger partial charge in [-0.2, -0.15) is 4.36 Å². The molecule has 17 heavy (non-hydrogen) atoms. The number of hydrogen-bond acceptors (Lipinski definition) is 2. The van der Waals surface area contributed by atoms with Crippen LogP contribution in [0.25, 0.3) is 0 Å². The summed E-state index contributed by atoms with van der Waals surface area (Å²) >= 11 is 0. The zero-order valence-electron chi connectivity index (χ0n) is 11.3. The number of carbonyl (C=O) groups is 1. The van der Waals surface area contributed by atoms with Crippen molar-refractivity contribution in [3.05, 3.63) is 0 Å². The van der Waals surface area contributed by atoms with Crippen LogP contribution in [0.1, 0.15) is 33.6 Å². The first-order valence-electron chi connectivity index (χ1n) is 6.74. The van der Waals surface area contributed by atoms with Crippen LogP contribution in [0.5, 0.6) is 0 Å². The summed E-state index contributed by atoms with van der Waals surface area (Å²) in [5.74, 6) is 1.20. The molecule has 0 aliphatic carbocycles. The van der Waals surface area contributed by atoms with E-state index in [1.54, 1.807) is 0 Å². The van der Waals surface area contributed by atoms with Gasteiger partial charge >= 0.3 is 0 Å². The summed E-state index contributed by atoms with van der Waals surface area (Å²) in [7, 11) is -3.61. The number of rotatable bonds is 5. The zero-order valence-corrected chi connectivity index (χ0v) is 13.1. The van der Waals surface area contributed by atoms with Gasteiger partial charge in [0.2, 0.25) is 0 Å². The van der Waals surface area contributed by atoms with E-state index in [1.807, 2.05) is 0 Å². The average Bonchev–Trinajstić information content (AvgIpc) is 2.72. The quantitative estimate of drug-likeness (QED) is 0.723. The Morgan fingerprint density at radius 3 is 2.00 bits per heavy atom. The summed E-state index contributed by atoms with van der Waals surface area (Å²) in [6.07, 6.45) is 1.93. The molecule has 1 heterocycles. The van der Waals surface area contributed by atoms with Crippen LogP contribution < -0.4 is 0 Å². The van der Waals surface area contributed by atoms with Gasteiger partial charge in [0.15, 0.2) is 0 Å². The second-order valence-corrected chi connectivity index (χ2v) is 13.1. The van der Waals surface area contributed by atoms with Gasteiger partial charge in [0.05, 0.1) is 17.8 Å². The first-order valence-corrected chi connectivity index (χ1v) is 11.4. The fourth-order valence-corrected chi connectivity index (χ4v) is 7.73. The Labute approximate surface area is 107 Å². The fourth-order valence-electron chi connectivity index (χ4n) is 2.51. The van der Waals surface area contributed by atoms with Crippen molar-refractivity contribution >= 4 is 23.7 Å². The Morgan fingerprint density at radius 1 is 1.12 bits per heavy atom. The van der Waals surface area contributed by atoms with Gasteiger partial charge in [0.1, 0.15) is 0 Å². The average molecular weight is 275 g/mol. The largest absolute Gasteiger partial charge is 0.272 e. The number of amides is 1. The van der Waals surface area contributed by atoms with Crippen molar-refractivity contribution in [2.45, 2.75) is 57.8 Å². The predicted octanol–water partition coefficient (Wildman–Crippen LogP) is 3.28. The molecular weight excluding hydrogens is 250 g/mol. The van der Waals surface area contributed by atoms with E-state index in [1.165, 1.54) is 0 Å². The standard InChI is InChI=1S/C12H25NO2SSi/c1-4-17(5-2,6-3)11-12(14)13-16(15)9-7-8-10-16/h4-11H2,1-3H3. The highest BCUT2D eigenvalue weighted by Gasteiger charge is 2.30. The second kappa shape index (κ2) is 6.14. The molecule has 0 aromatic heterocycles. The maximum Gasteiger partial charge on any atom is 0.251 e. The van der Waals surface area contributed by atoms with Gasteiger partial charge in [0, 0.05) is 17.5 Å². The third-order valence-electron chi connectivity index (χ3n) is 4.22. The molecular formula is C12H25NO2SSi. The highest BCUT2D eigenvalue weighted by molar-refractivity contribution is 7.94. The minimum Gasteiger partial charge on any atom is -0.272 e. The van der Waals surface area contributed by atoms with Gasteiger partial charge in [-0.1, -0.05) is 38.9 Å². The van der Waals surface area contributed by atoms with Crippen LogP contribution in [0.15, 0.2) is 4.36 Å². The molecule has 1 aliphatic heterocycles.